The largest absolute Gasteiger partial charge is 0.263 e. The Kier molecular flexibility index (Phi) is 4.56. The molecule has 1 heterocycles. The first kappa shape index (κ1) is 16.8. The highest BCUT2D eigenvalue weighted by atomic mass is 79.9. The Labute approximate surface area is 150 Å². The first-order valence-electron chi connectivity index (χ1n) is 7.08. The van der Waals surface area contributed by atoms with Gasteiger partial charge in [0.1, 0.15) is 17.7 Å². The molecule has 25 heavy (non-hydrogen) atoms. The van der Waals surface area contributed by atoms with Crippen molar-refractivity contribution >= 4 is 15.9 Å². The van der Waals surface area contributed by atoms with E-state index in [2.05, 4.69) is 20.9 Å². The van der Waals surface area contributed by atoms with Gasteiger partial charge >= 0.3 is 0 Å². The van der Waals surface area contributed by atoms with Crippen LogP contribution in [0.5, 0.6) is 0 Å². The fourth-order valence-electron chi connectivity index (χ4n) is 2.48. The SMILES string of the molecule is N#Cc1cc(F)ccc1-c1cncc(-c2cc(F)cc(C#N)c2Br)c1. The molecule has 0 aliphatic heterocycles. The number of rotatable bonds is 2. The third kappa shape index (κ3) is 3.26. The van der Waals surface area contributed by atoms with E-state index in [9.17, 15) is 14.0 Å². The maximum atomic E-state index is 13.8. The van der Waals surface area contributed by atoms with Crippen molar-refractivity contribution in [3.05, 3.63) is 76.0 Å². The number of aromatic nitrogens is 1. The van der Waals surface area contributed by atoms with Gasteiger partial charge in [-0.25, -0.2) is 8.78 Å². The van der Waals surface area contributed by atoms with Gasteiger partial charge in [0.15, 0.2) is 0 Å². The molecule has 3 aromatic rings. The second-order valence-electron chi connectivity index (χ2n) is 5.19. The van der Waals surface area contributed by atoms with E-state index in [-0.39, 0.29) is 11.1 Å². The van der Waals surface area contributed by atoms with Crippen molar-refractivity contribution in [1.82, 2.24) is 4.98 Å². The van der Waals surface area contributed by atoms with Crippen molar-refractivity contribution in [2.45, 2.75) is 0 Å². The van der Waals surface area contributed by atoms with Crippen LogP contribution >= 0.6 is 15.9 Å². The lowest BCUT2D eigenvalue weighted by molar-refractivity contribution is 0.627. The molecule has 0 aliphatic carbocycles. The Morgan fingerprint density at radius 3 is 2.12 bits per heavy atom. The van der Waals surface area contributed by atoms with Crippen LogP contribution in [0.1, 0.15) is 11.1 Å². The molecule has 0 saturated heterocycles. The van der Waals surface area contributed by atoms with Gasteiger partial charge in [0.25, 0.3) is 0 Å². The van der Waals surface area contributed by atoms with Crippen molar-refractivity contribution in [3.63, 3.8) is 0 Å². The molecule has 0 radical (unpaired) electrons. The van der Waals surface area contributed by atoms with E-state index in [1.165, 1.54) is 30.6 Å². The fourth-order valence-corrected chi connectivity index (χ4v) is 3.02. The highest BCUT2D eigenvalue weighted by Crippen LogP contribution is 2.34. The lowest BCUT2D eigenvalue weighted by atomic mass is 9.98. The standard InChI is InChI=1S/C19H8BrF2N3/c20-19-12(8-24)5-16(22)6-18(19)14-3-13(9-25-10-14)17-2-1-15(21)4-11(17)7-23/h1-6,9-10H. The molecule has 6 heteroatoms. The summed E-state index contributed by atoms with van der Waals surface area (Å²) in [5.41, 5.74) is 2.48. The van der Waals surface area contributed by atoms with Crippen LogP contribution in [0.2, 0.25) is 0 Å². The lowest BCUT2D eigenvalue weighted by Crippen LogP contribution is -1.91. The minimum Gasteiger partial charge on any atom is -0.263 e. The zero-order chi connectivity index (χ0) is 18.0. The summed E-state index contributed by atoms with van der Waals surface area (Å²) >= 11 is 3.31. The first-order valence-corrected chi connectivity index (χ1v) is 7.87. The Hall–Kier alpha value is -3.09. The summed E-state index contributed by atoms with van der Waals surface area (Å²) in [5, 5.41) is 18.3. The predicted octanol–water partition coefficient (Wildman–Crippen LogP) is 5.20. The van der Waals surface area contributed by atoms with E-state index in [1.807, 2.05) is 12.1 Å². The molecule has 0 N–H and O–H groups in total. The maximum absolute atomic E-state index is 13.8. The summed E-state index contributed by atoms with van der Waals surface area (Å²) in [6.45, 7) is 0. The molecule has 3 rings (SSSR count). The maximum Gasteiger partial charge on any atom is 0.125 e. The Balaban J connectivity index is 2.18. The molecule has 0 bridgehead atoms. The molecule has 0 unspecified atom stereocenters. The second-order valence-corrected chi connectivity index (χ2v) is 5.98. The molecule has 0 aliphatic rings. The van der Waals surface area contributed by atoms with Crippen LogP contribution < -0.4 is 0 Å². The minimum atomic E-state index is -0.542. The quantitative estimate of drug-likeness (QED) is 0.598. The Morgan fingerprint density at radius 1 is 0.800 bits per heavy atom. The van der Waals surface area contributed by atoms with Crippen molar-refractivity contribution in [1.29, 1.82) is 10.5 Å². The molecular weight excluding hydrogens is 388 g/mol. The van der Waals surface area contributed by atoms with E-state index in [1.54, 1.807) is 6.07 Å². The molecule has 0 amide bonds. The first-order chi connectivity index (χ1) is 12.0. The molecule has 1 aromatic heterocycles. The van der Waals surface area contributed by atoms with Gasteiger partial charge in [-0.05, 0) is 46.3 Å². The van der Waals surface area contributed by atoms with E-state index >= 15 is 0 Å². The van der Waals surface area contributed by atoms with Crippen LogP contribution in [-0.2, 0) is 0 Å². The predicted molar refractivity (Wildman–Crippen MR) is 92.2 cm³/mol. The van der Waals surface area contributed by atoms with Crippen LogP contribution in [0, 0.1) is 34.3 Å². The van der Waals surface area contributed by atoms with Gasteiger partial charge in [0.2, 0.25) is 0 Å². The van der Waals surface area contributed by atoms with Gasteiger partial charge in [-0.1, -0.05) is 6.07 Å². The van der Waals surface area contributed by atoms with Crippen LogP contribution in [0.4, 0.5) is 8.78 Å². The third-order valence-electron chi connectivity index (χ3n) is 3.62. The summed E-state index contributed by atoms with van der Waals surface area (Å²) in [6.07, 6.45) is 3.07. The molecule has 120 valence electrons. The van der Waals surface area contributed by atoms with Crippen molar-refractivity contribution in [3.8, 4) is 34.4 Å². The fraction of sp³-hybridized carbons (Fsp3) is 0. The minimum absolute atomic E-state index is 0.167. The number of hydrogen-bond donors (Lipinski definition) is 0. The zero-order valence-electron chi connectivity index (χ0n) is 12.6. The monoisotopic (exact) mass is 395 g/mol. The zero-order valence-corrected chi connectivity index (χ0v) is 14.2. The Morgan fingerprint density at radius 2 is 1.44 bits per heavy atom. The Bertz CT molecular complexity index is 1070. The normalized spacial score (nSPS) is 10.1. The number of pyridine rings is 1. The average Bonchev–Trinajstić information content (AvgIpc) is 2.63. The van der Waals surface area contributed by atoms with Crippen LogP contribution in [-0.4, -0.2) is 4.98 Å². The lowest BCUT2D eigenvalue weighted by Gasteiger charge is -2.09. The molecule has 0 fully saturated rings. The van der Waals surface area contributed by atoms with Crippen LogP contribution in [0.15, 0.2) is 53.3 Å². The third-order valence-corrected chi connectivity index (χ3v) is 4.47. The summed E-state index contributed by atoms with van der Waals surface area (Å²) in [4.78, 5) is 4.13. The average molecular weight is 396 g/mol. The topological polar surface area (TPSA) is 60.5 Å². The van der Waals surface area contributed by atoms with E-state index in [4.69, 9.17) is 5.26 Å². The van der Waals surface area contributed by atoms with Gasteiger partial charge in [0.05, 0.1) is 17.2 Å². The van der Waals surface area contributed by atoms with Crippen molar-refractivity contribution < 1.29 is 8.78 Å². The van der Waals surface area contributed by atoms with Gasteiger partial charge in [-0.2, -0.15) is 10.5 Å². The summed E-state index contributed by atoms with van der Waals surface area (Å²) in [6, 6.07) is 11.9. The molecule has 3 nitrogen and oxygen atoms in total. The number of nitriles is 2. The van der Waals surface area contributed by atoms with Gasteiger partial charge < -0.3 is 0 Å². The van der Waals surface area contributed by atoms with Crippen LogP contribution in [0.25, 0.3) is 22.3 Å². The smallest absolute Gasteiger partial charge is 0.125 e. The molecule has 0 atom stereocenters. The number of halogens is 3. The van der Waals surface area contributed by atoms with Crippen molar-refractivity contribution in [2.75, 3.05) is 0 Å². The number of benzene rings is 2. The highest BCUT2D eigenvalue weighted by Gasteiger charge is 2.13. The summed E-state index contributed by atoms with van der Waals surface area (Å²) in [7, 11) is 0. The van der Waals surface area contributed by atoms with E-state index in [0.717, 1.165) is 12.1 Å². The summed E-state index contributed by atoms with van der Waals surface area (Å²) < 4.78 is 27.6. The van der Waals surface area contributed by atoms with Gasteiger partial charge in [0, 0.05) is 39.1 Å². The highest BCUT2D eigenvalue weighted by molar-refractivity contribution is 9.10. The van der Waals surface area contributed by atoms with Gasteiger partial charge in [-0.15, -0.1) is 0 Å². The van der Waals surface area contributed by atoms with E-state index in [0.29, 0.717) is 26.7 Å². The van der Waals surface area contributed by atoms with E-state index < -0.39 is 11.6 Å². The molecule has 0 spiro atoms. The molecular formula is C19H8BrF2N3. The number of nitrogens with zero attached hydrogens (tertiary/aromatic N) is 3. The van der Waals surface area contributed by atoms with Crippen LogP contribution in [0.3, 0.4) is 0 Å². The summed E-state index contributed by atoms with van der Waals surface area (Å²) in [5.74, 6) is -1.05. The second kappa shape index (κ2) is 6.80. The molecule has 2 aromatic carbocycles. The molecule has 0 saturated carbocycles. The number of hydrogen-bond acceptors (Lipinski definition) is 3. The van der Waals surface area contributed by atoms with Gasteiger partial charge in [-0.3, -0.25) is 4.98 Å². The van der Waals surface area contributed by atoms with Crippen molar-refractivity contribution in [2.24, 2.45) is 0 Å².